The van der Waals surface area contributed by atoms with E-state index in [-0.39, 0.29) is 18.6 Å². The first kappa shape index (κ1) is 13.4. The molecule has 0 radical (unpaired) electrons. The van der Waals surface area contributed by atoms with Crippen LogP contribution in [-0.2, 0) is 4.79 Å². The van der Waals surface area contributed by atoms with Crippen molar-refractivity contribution in [2.75, 3.05) is 19.7 Å². The lowest BCUT2D eigenvalue weighted by Crippen LogP contribution is -2.43. The van der Waals surface area contributed by atoms with Gasteiger partial charge >= 0.3 is 0 Å². The Kier molecular flexibility index (Phi) is 7.42. The van der Waals surface area contributed by atoms with Gasteiger partial charge in [0.05, 0.1) is 12.6 Å². The van der Waals surface area contributed by atoms with Gasteiger partial charge in [0.2, 0.25) is 5.91 Å². The maximum atomic E-state index is 11.4. The van der Waals surface area contributed by atoms with Crippen LogP contribution in [0.4, 0.5) is 0 Å². The summed E-state index contributed by atoms with van der Waals surface area (Å²) in [4.78, 5) is 11.4. The van der Waals surface area contributed by atoms with E-state index in [4.69, 9.17) is 5.11 Å². The zero-order valence-corrected chi connectivity index (χ0v) is 9.34. The molecule has 0 rings (SSSR count). The number of carbonyl (C=O) groups is 1. The lowest BCUT2D eigenvalue weighted by atomic mass is 10.1. The Labute approximate surface area is 86.1 Å². The second-order valence-electron chi connectivity index (χ2n) is 3.87. The normalized spacial score (nSPS) is 12.9. The van der Waals surface area contributed by atoms with Gasteiger partial charge in [0, 0.05) is 13.1 Å². The molecule has 0 bridgehead atoms. The van der Waals surface area contributed by atoms with Gasteiger partial charge in [-0.05, 0) is 19.3 Å². The molecule has 0 aliphatic heterocycles. The number of aliphatic hydroxyl groups is 1. The second-order valence-corrected chi connectivity index (χ2v) is 3.87. The zero-order chi connectivity index (χ0) is 11.0. The fourth-order valence-corrected chi connectivity index (χ4v) is 1.01. The molecule has 0 aromatic heterocycles. The molecular weight excluding hydrogens is 180 g/mol. The molecule has 0 fully saturated rings. The van der Waals surface area contributed by atoms with Crippen molar-refractivity contribution in [3.05, 3.63) is 0 Å². The fourth-order valence-electron chi connectivity index (χ4n) is 1.01. The van der Waals surface area contributed by atoms with E-state index in [1.807, 2.05) is 0 Å². The summed E-state index contributed by atoms with van der Waals surface area (Å²) in [6.45, 7) is 7.28. The number of nitrogens with one attached hydrogen (secondary N) is 2. The van der Waals surface area contributed by atoms with Gasteiger partial charge in [-0.15, -0.1) is 0 Å². The van der Waals surface area contributed by atoms with Crippen molar-refractivity contribution in [3.8, 4) is 0 Å². The van der Waals surface area contributed by atoms with E-state index in [1.165, 1.54) is 0 Å². The van der Waals surface area contributed by atoms with Crippen LogP contribution >= 0.6 is 0 Å². The summed E-state index contributed by atoms with van der Waals surface area (Å²) in [5.41, 5.74) is 0. The third kappa shape index (κ3) is 6.86. The first-order valence-electron chi connectivity index (χ1n) is 5.20. The summed E-state index contributed by atoms with van der Waals surface area (Å²) in [5, 5.41) is 14.3. The molecule has 0 saturated carbocycles. The largest absolute Gasteiger partial charge is 0.395 e. The second kappa shape index (κ2) is 7.76. The van der Waals surface area contributed by atoms with Gasteiger partial charge < -0.3 is 15.7 Å². The van der Waals surface area contributed by atoms with E-state index in [2.05, 4.69) is 24.5 Å². The minimum Gasteiger partial charge on any atom is -0.395 e. The number of hydrogen-bond donors (Lipinski definition) is 3. The first-order chi connectivity index (χ1) is 6.57. The van der Waals surface area contributed by atoms with E-state index in [0.717, 1.165) is 13.0 Å². The molecule has 4 heteroatoms. The molecule has 14 heavy (non-hydrogen) atoms. The summed E-state index contributed by atoms with van der Waals surface area (Å²) in [5.74, 6) is 0.607. The Hall–Kier alpha value is -0.610. The van der Waals surface area contributed by atoms with E-state index in [0.29, 0.717) is 12.5 Å². The van der Waals surface area contributed by atoms with Gasteiger partial charge in [0.15, 0.2) is 0 Å². The van der Waals surface area contributed by atoms with Gasteiger partial charge in [0.1, 0.15) is 0 Å². The Morgan fingerprint density at radius 2 is 1.93 bits per heavy atom. The third-order valence-corrected chi connectivity index (χ3v) is 1.98. The maximum absolute atomic E-state index is 11.4. The highest BCUT2D eigenvalue weighted by Gasteiger charge is 2.10. The molecule has 0 aliphatic carbocycles. The molecule has 84 valence electrons. The highest BCUT2D eigenvalue weighted by molar-refractivity contribution is 5.81. The van der Waals surface area contributed by atoms with Gasteiger partial charge in [-0.1, -0.05) is 13.8 Å². The third-order valence-electron chi connectivity index (χ3n) is 1.98. The Morgan fingerprint density at radius 1 is 1.29 bits per heavy atom. The van der Waals surface area contributed by atoms with Crippen LogP contribution in [0.25, 0.3) is 0 Å². The van der Waals surface area contributed by atoms with Crippen molar-refractivity contribution in [3.63, 3.8) is 0 Å². The molecule has 0 spiro atoms. The number of amides is 1. The van der Waals surface area contributed by atoms with Crippen molar-refractivity contribution in [2.24, 2.45) is 5.92 Å². The van der Waals surface area contributed by atoms with Gasteiger partial charge in [-0.2, -0.15) is 0 Å². The zero-order valence-electron chi connectivity index (χ0n) is 9.34. The van der Waals surface area contributed by atoms with Crippen LogP contribution in [0, 0.1) is 5.92 Å². The average Bonchev–Trinajstić information content (AvgIpc) is 2.13. The monoisotopic (exact) mass is 202 g/mol. The molecule has 1 atom stereocenters. The lowest BCUT2D eigenvalue weighted by molar-refractivity contribution is -0.122. The fraction of sp³-hybridized carbons (Fsp3) is 0.900. The van der Waals surface area contributed by atoms with Gasteiger partial charge in [0.25, 0.3) is 0 Å². The first-order valence-corrected chi connectivity index (χ1v) is 5.20. The van der Waals surface area contributed by atoms with Crippen LogP contribution < -0.4 is 10.6 Å². The maximum Gasteiger partial charge on any atom is 0.236 e. The van der Waals surface area contributed by atoms with Crippen molar-refractivity contribution in [1.29, 1.82) is 0 Å². The van der Waals surface area contributed by atoms with Gasteiger partial charge in [-0.25, -0.2) is 0 Å². The number of carbonyl (C=O) groups excluding carboxylic acids is 1. The van der Waals surface area contributed by atoms with Crippen LogP contribution in [0.3, 0.4) is 0 Å². The Bertz CT molecular complexity index is 160. The standard InChI is InChI=1S/C10H22N2O2/c1-8(2)4-5-12-10(14)9(3)11-6-7-13/h8-9,11,13H,4-7H2,1-3H3,(H,12,14). The molecule has 3 N–H and O–H groups in total. The molecule has 4 nitrogen and oxygen atoms in total. The predicted octanol–water partition coefficient (Wildman–Crippen LogP) is 0.119. The highest BCUT2D eigenvalue weighted by Crippen LogP contribution is 1.96. The van der Waals surface area contributed by atoms with Crippen LogP contribution in [-0.4, -0.2) is 36.8 Å². The predicted molar refractivity (Wildman–Crippen MR) is 57.0 cm³/mol. The number of aliphatic hydroxyl groups excluding tert-OH is 1. The van der Waals surface area contributed by atoms with E-state index < -0.39 is 0 Å². The van der Waals surface area contributed by atoms with E-state index in [1.54, 1.807) is 6.92 Å². The smallest absolute Gasteiger partial charge is 0.236 e. The topological polar surface area (TPSA) is 61.4 Å². The Morgan fingerprint density at radius 3 is 2.43 bits per heavy atom. The number of hydrogen-bond acceptors (Lipinski definition) is 3. The molecule has 0 saturated heterocycles. The molecule has 0 aromatic carbocycles. The van der Waals surface area contributed by atoms with Crippen LogP contribution in [0.5, 0.6) is 0 Å². The van der Waals surface area contributed by atoms with E-state index in [9.17, 15) is 4.79 Å². The summed E-state index contributed by atoms with van der Waals surface area (Å²) < 4.78 is 0. The van der Waals surface area contributed by atoms with Gasteiger partial charge in [-0.3, -0.25) is 4.79 Å². The summed E-state index contributed by atoms with van der Waals surface area (Å²) >= 11 is 0. The van der Waals surface area contributed by atoms with Crippen LogP contribution in [0.2, 0.25) is 0 Å². The summed E-state index contributed by atoms with van der Waals surface area (Å²) in [6, 6.07) is -0.227. The van der Waals surface area contributed by atoms with Crippen molar-refractivity contribution >= 4 is 5.91 Å². The molecule has 1 unspecified atom stereocenters. The lowest BCUT2D eigenvalue weighted by Gasteiger charge is -2.13. The van der Waals surface area contributed by atoms with E-state index >= 15 is 0 Å². The minimum absolute atomic E-state index is 0.000833. The van der Waals surface area contributed by atoms with Crippen molar-refractivity contribution in [1.82, 2.24) is 10.6 Å². The summed E-state index contributed by atoms with van der Waals surface area (Å²) in [6.07, 6.45) is 0.998. The average molecular weight is 202 g/mol. The summed E-state index contributed by atoms with van der Waals surface area (Å²) in [7, 11) is 0. The van der Waals surface area contributed by atoms with Crippen molar-refractivity contribution < 1.29 is 9.90 Å². The SMILES string of the molecule is CC(C)CCNC(=O)C(C)NCCO. The molecule has 1 amide bonds. The molecule has 0 aliphatic rings. The Balaban J connectivity index is 3.52. The van der Waals surface area contributed by atoms with Crippen LogP contribution in [0.1, 0.15) is 27.2 Å². The molecular formula is C10H22N2O2. The van der Waals surface area contributed by atoms with Crippen LogP contribution in [0.15, 0.2) is 0 Å². The molecule has 0 heterocycles. The minimum atomic E-state index is -0.227. The highest BCUT2D eigenvalue weighted by atomic mass is 16.3. The number of rotatable bonds is 7. The quantitative estimate of drug-likeness (QED) is 0.549. The molecule has 0 aromatic rings. The van der Waals surface area contributed by atoms with Crippen molar-refractivity contribution in [2.45, 2.75) is 33.2 Å².